The summed E-state index contributed by atoms with van der Waals surface area (Å²) < 4.78 is 6.71. The third-order valence-electron chi connectivity index (χ3n) is 6.08. The number of allylic oxidation sites excluding steroid dienone is 2. The minimum atomic E-state index is -0.302. The van der Waals surface area contributed by atoms with Crippen LogP contribution in [-0.2, 0) is 6.42 Å². The van der Waals surface area contributed by atoms with Gasteiger partial charge in [0.05, 0.1) is 30.5 Å². The molecule has 31 heavy (non-hydrogen) atoms. The Bertz CT molecular complexity index is 1140. The minimum Gasteiger partial charge on any atom is -0.511 e. The van der Waals surface area contributed by atoms with E-state index in [0.29, 0.717) is 16.9 Å². The number of hydrogen-bond donors (Lipinski definition) is 1. The maximum absolute atomic E-state index is 13.5. The highest BCUT2D eigenvalue weighted by Crippen LogP contribution is 2.40. The zero-order valence-corrected chi connectivity index (χ0v) is 17.5. The topological polar surface area (TPSA) is 67.6 Å². The summed E-state index contributed by atoms with van der Waals surface area (Å²) in [5, 5.41) is 15.7. The maximum Gasteiger partial charge on any atom is 0.282 e. The number of benzene rings is 2. The van der Waals surface area contributed by atoms with E-state index in [0.717, 1.165) is 48.6 Å². The molecule has 1 aromatic heterocycles. The van der Waals surface area contributed by atoms with Gasteiger partial charge in [-0.2, -0.15) is 9.78 Å². The van der Waals surface area contributed by atoms with E-state index in [1.165, 1.54) is 11.1 Å². The molecule has 2 aromatic carbocycles. The second-order valence-electron chi connectivity index (χ2n) is 8.00. The van der Waals surface area contributed by atoms with Crippen molar-refractivity contribution in [1.29, 1.82) is 0 Å². The molecule has 1 N–H and O–H groups in total. The van der Waals surface area contributed by atoms with Crippen molar-refractivity contribution in [2.75, 3.05) is 25.1 Å². The molecule has 1 saturated heterocycles. The van der Waals surface area contributed by atoms with Crippen molar-refractivity contribution in [3.8, 4) is 17.0 Å². The first-order chi connectivity index (χ1) is 15.2. The molecule has 0 unspecified atom stereocenters. The summed E-state index contributed by atoms with van der Waals surface area (Å²) in [6, 6.07) is 17.1. The Hall–Kier alpha value is -3.54. The lowest BCUT2D eigenvalue weighted by molar-refractivity contribution is 0.0953. The molecule has 0 atom stereocenters. The van der Waals surface area contributed by atoms with Gasteiger partial charge in [-0.1, -0.05) is 42.5 Å². The van der Waals surface area contributed by atoms with Crippen molar-refractivity contribution < 1.29 is 14.6 Å². The molecule has 0 spiro atoms. The van der Waals surface area contributed by atoms with Crippen molar-refractivity contribution in [3.63, 3.8) is 0 Å². The van der Waals surface area contributed by atoms with Gasteiger partial charge in [0.15, 0.2) is 0 Å². The first-order valence-corrected chi connectivity index (χ1v) is 10.7. The van der Waals surface area contributed by atoms with E-state index in [1.54, 1.807) is 31.4 Å². The normalized spacial score (nSPS) is 16.4. The Labute approximate surface area is 181 Å². The predicted molar refractivity (Wildman–Crippen MR) is 121 cm³/mol. The second kappa shape index (κ2) is 7.95. The number of ether oxygens (including phenoxy) is 1. The van der Waals surface area contributed by atoms with Crippen molar-refractivity contribution in [2.45, 2.75) is 25.7 Å². The van der Waals surface area contributed by atoms with Gasteiger partial charge in [0.25, 0.3) is 5.91 Å². The molecule has 5 rings (SSSR count). The second-order valence-corrected chi connectivity index (χ2v) is 8.00. The number of carbonyl (C=O) groups excluding carboxylic acids is 1. The Balaban J connectivity index is 1.63. The lowest BCUT2D eigenvalue weighted by atomic mass is 9.97. The van der Waals surface area contributed by atoms with E-state index in [4.69, 9.17) is 9.84 Å². The lowest BCUT2D eigenvalue weighted by Gasteiger charge is -2.30. The van der Waals surface area contributed by atoms with Crippen molar-refractivity contribution >= 4 is 17.2 Å². The van der Waals surface area contributed by atoms with Crippen LogP contribution in [0, 0.1) is 0 Å². The fourth-order valence-corrected chi connectivity index (χ4v) is 4.54. The molecule has 6 heteroatoms. The highest BCUT2D eigenvalue weighted by Gasteiger charge is 2.34. The van der Waals surface area contributed by atoms with Crippen LogP contribution >= 0.6 is 0 Å². The largest absolute Gasteiger partial charge is 0.511 e. The van der Waals surface area contributed by atoms with Gasteiger partial charge < -0.3 is 14.7 Å². The van der Waals surface area contributed by atoms with Crippen LogP contribution < -0.4 is 9.64 Å². The molecule has 6 nitrogen and oxygen atoms in total. The molecule has 0 aliphatic carbocycles. The Morgan fingerprint density at radius 3 is 2.32 bits per heavy atom. The quantitative estimate of drug-likeness (QED) is 0.668. The average molecular weight is 415 g/mol. The number of nitrogens with zero attached hydrogens (tertiary/aromatic N) is 3. The van der Waals surface area contributed by atoms with Gasteiger partial charge in [0.2, 0.25) is 0 Å². The number of aliphatic hydroxyl groups excluding tert-OH is 1. The van der Waals surface area contributed by atoms with Crippen LogP contribution in [0.5, 0.6) is 5.75 Å². The Morgan fingerprint density at radius 1 is 0.935 bits per heavy atom. The number of piperidine rings is 1. The number of aliphatic hydroxyl groups is 1. The summed E-state index contributed by atoms with van der Waals surface area (Å²) in [6.45, 7) is 1.87. The van der Waals surface area contributed by atoms with Crippen LogP contribution in [0.4, 0.5) is 5.69 Å². The molecular formula is C25H25N3O3. The van der Waals surface area contributed by atoms with E-state index < -0.39 is 0 Å². The average Bonchev–Trinajstić information content (AvgIpc) is 3.20. The maximum atomic E-state index is 13.5. The summed E-state index contributed by atoms with van der Waals surface area (Å²) in [5.74, 6) is 0.482. The molecule has 1 fully saturated rings. The van der Waals surface area contributed by atoms with E-state index >= 15 is 0 Å². The SMILES string of the molecule is COc1ccc(C2=C(O)Cc3c(N4CCCCC4)c(-c4ccccc4)nn3C2=O)cc1. The van der Waals surface area contributed by atoms with Crippen LogP contribution in [-0.4, -0.2) is 41.0 Å². The van der Waals surface area contributed by atoms with Crippen molar-refractivity contribution in [1.82, 2.24) is 9.78 Å². The number of aromatic nitrogens is 2. The summed E-state index contributed by atoms with van der Waals surface area (Å²) in [6.07, 6.45) is 3.72. The summed E-state index contributed by atoms with van der Waals surface area (Å²) >= 11 is 0. The fourth-order valence-electron chi connectivity index (χ4n) is 4.54. The van der Waals surface area contributed by atoms with Crippen LogP contribution in [0.3, 0.4) is 0 Å². The Kier molecular flexibility index (Phi) is 4.98. The van der Waals surface area contributed by atoms with Gasteiger partial charge in [-0.3, -0.25) is 4.79 Å². The van der Waals surface area contributed by atoms with Crippen LogP contribution in [0.2, 0.25) is 0 Å². The molecular weight excluding hydrogens is 390 g/mol. The lowest BCUT2D eigenvalue weighted by Crippen LogP contribution is -2.31. The van der Waals surface area contributed by atoms with Gasteiger partial charge in [0, 0.05) is 18.7 Å². The van der Waals surface area contributed by atoms with E-state index in [9.17, 15) is 9.90 Å². The number of rotatable bonds is 4. The van der Waals surface area contributed by atoms with E-state index in [2.05, 4.69) is 4.90 Å². The predicted octanol–water partition coefficient (Wildman–Crippen LogP) is 4.71. The summed E-state index contributed by atoms with van der Waals surface area (Å²) in [4.78, 5) is 15.8. The van der Waals surface area contributed by atoms with Gasteiger partial charge in [0.1, 0.15) is 17.2 Å². The van der Waals surface area contributed by atoms with Crippen LogP contribution in [0.25, 0.3) is 16.8 Å². The van der Waals surface area contributed by atoms with Gasteiger partial charge in [-0.25, -0.2) is 0 Å². The third-order valence-corrected chi connectivity index (χ3v) is 6.08. The smallest absolute Gasteiger partial charge is 0.282 e. The number of carbonyl (C=O) groups is 1. The molecule has 3 heterocycles. The molecule has 0 saturated carbocycles. The number of hydrogen-bond acceptors (Lipinski definition) is 5. The third kappa shape index (κ3) is 3.38. The number of fused-ring (bicyclic) bond motifs is 1. The molecule has 0 amide bonds. The number of methoxy groups -OCH3 is 1. The zero-order valence-electron chi connectivity index (χ0n) is 17.5. The first kappa shape index (κ1) is 19.4. The van der Waals surface area contributed by atoms with Crippen LogP contribution in [0.1, 0.15) is 35.3 Å². The standard InChI is InChI=1S/C25H25N3O3/c1-31-19-12-10-17(11-13-19)22-21(29)16-20-24(27-14-6-3-7-15-27)23(26-28(20)25(22)30)18-8-4-2-5-9-18/h2,4-5,8-13,29H,3,6-7,14-16H2,1H3. The zero-order chi connectivity index (χ0) is 21.4. The number of anilines is 1. The molecule has 0 bridgehead atoms. The molecule has 158 valence electrons. The molecule has 2 aliphatic heterocycles. The Morgan fingerprint density at radius 2 is 1.65 bits per heavy atom. The molecule has 2 aliphatic rings. The summed E-state index contributed by atoms with van der Waals surface area (Å²) in [7, 11) is 1.60. The van der Waals surface area contributed by atoms with Gasteiger partial charge in [-0.05, 0) is 37.0 Å². The first-order valence-electron chi connectivity index (χ1n) is 10.7. The highest BCUT2D eigenvalue weighted by atomic mass is 16.5. The highest BCUT2D eigenvalue weighted by molar-refractivity contribution is 6.22. The van der Waals surface area contributed by atoms with Crippen LogP contribution in [0.15, 0.2) is 60.4 Å². The van der Waals surface area contributed by atoms with Crippen molar-refractivity contribution in [3.05, 3.63) is 71.6 Å². The van der Waals surface area contributed by atoms with Gasteiger partial charge >= 0.3 is 0 Å². The van der Waals surface area contributed by atoms with E-state index in [-0.39, 0.29) is 18.1 Å². The molecule has 0 radical (unpaired) electrons. The molecule has 3 aromatic rings. The fraction of sp³-hybridized carbons (Fsp3) is 0.280. The summed E-state index contributed by atoms with van der Waals surface area (Å²) in [5.41, 5.74) is 4.46. The minimum absolute atomic E-state index is 0.0837. The monoisotopic (exact) mass is 415 g/mol. The van der Waals surface area contributed by atoms with Crippen molar-refractivity contribution in [2.24, 2.45) is 0 Å². The van der Waals surface area contributed by atoms with E-state index in [1.807, 2.05) is 30.3 Å². The van der Waals surface area contributed by atoms with Gasteiger partial charge in [-0.15, -0.1) is 0 Å².